The second-order valence-electron chi connectivity index (χ2n) is 6.23. The van der Waals surface area contributed by atoms with Crippen molar-refractivity contribution in [3.63, 3.8) is 0 Å². The first-order valence-corrected chi connectivity index (χ1v) is 9.76. The molecule has 0 fully saturated rings. The predicted molar refractivity (Wildman–Crippen MR) is 114 cm³/mol. The van der Waals surface area contributed by atoms with Gasteiger partial charge in [-0.15, -0.1) is 0 Å². The number of benzene rings is 2. The van der Waals surface area contributed by atoms with Crippen molar-refractivity contribution in [3.05, 3.63) is 81.1 Å². The van der Waals surface area contributed by atoms with Crippen molar-refractivity contribution in [2.24, 2.45) is 0 Å². The van der Waals surface area contributed by atoms with Crippen LogP contribution < -0.4 is 15.6 Å². The first-order chi connectivity index (χ1) is 14.0. The molecule has 8 heteroatoms. The van der Waals surface area contributed by atoms with E-state index in [9.17, 15) is 9.59 Å². The van der Waals surface area contributed by atoms with Gasteiger partial charge in [-0.1, -0.05) is 35.3 Å². The Bertz CT molecular complexity index is 1020. The summed E-state index contributed by atoms with van der Waals surface area (Å²) >= 11 is 11.7. The maximum absolute atomic E-state index is 12.0. The Morgan fingerprint density at radius 3 is 2.31 bits per heavy atom. The number of aryl methyl sites for hydroxylation is 1. The molecule has 3 aromatic rings. The van der Waals surface area contributed by atoms with Crippen LogP contribution in [0.4, 0.5) is 0 Å². The van der Waals surface area contributed by atoms with E-state index in [4.69, 9.17) is 27.9 Å². The van der Waals surface area contributed by atoms with Crippen LogP contribution in [0.5, 0.6) is 5.75 Å². The van der Waals surface area contributed by atoms with E-state index >= 15 is 0 Å². The third kappa shape index (κ3) is 6.34. The zero-order chi connectivity index (χ0) is 20.6. The average molecular weight is 432 g/mol. The number of amides is 1. The fourth-order valence-electron chi connectivity index (χ4n) is 2.57. The Balaban J connectivity index is 1.46. The van der Waals surface area contributed by atoms with Crippen molar-refractivity contribution in [3.8, 4) is 17.0 Å². The lowest BCUT2D eigenvalue weighted by atomic mass is 10.1. The maximum atomic E-state index is 12.0. The van der Waals surface area contributed by atoms with E-state index in [0.29, 0.717) is 41.0 Å². The monoisotopic (exact) mass is 431 g/mol. The Hall–Kier alpha value is -2.83. The molecule has 0 bridgehead atoms. The normalized spacial score (nSPS) is 10.6. The minimum Gasteiger partial charge on any atom is -0.484 e. The number of ether oxygens (including phenoxy) is 1. The molecule has 0 aliphatic heterocycles. The van der Waals surface area contributed by atoms with E-state index in [-0.39, 0.29) is 18.1 Å². The zero-order valence-electron chi connectivity index (χ0n) is 15.5. The molecule has 1 aromatic heterocycles. The first-order valence-electron chi connectivity index (χ1n) is 9.00. The fourth-order valence-corrected chi connectivity index (χ4v) is 2.82. The van der Waals surface area contributed by atoms with Crippen molar-refractivity contribution in [2.75, 3.05) is 13.2 Å². The van der Waals surface area contributed by atoms with Gasteiger partial charge < -0.3 is 10.1 Å². The van der Waals surface area contributed by atoms with Crippen LogP contribution >= 0.6 is 23.2 Å². The summed E-state index contributed by atoms with van der Waals surface area (Å²) in [6.07, 6.45) is 0.559. The lowest BCUT2D eigenvalue weighted by Crippen LogP contribution is -2.31. The van der Waals surface area contributed by atoms with Crippen LogP contribution in [0, 0.1) is 0 Å². The van der Waals surface area contributed by atoms with E-state index in [1.54, 1.807) is 42.5 Å². The highest BCUT2D eigenvalue weighted by atomic mass is 35.5. The van der Waals surface area contributed by atoms with E-state index in [0.717, 1.165) is 5.56 Å². The summed E-state index contributed by atoms with van der Waals surface area (Å²) in [4.78, 5) is 23.9. The summed E-state index contributed by atoms with van der Waals surface area (Å²) < 4.78 is 6.77. The predicted octanol–water partition coefficient (Wildman–Crippen LogP) is 3.80. The van der Waals surface area contributed by atoms with Gasteiger partial charge >= 0.3 is 0 Å². The van der Waals surface area contributed by atoms with Crippen LogP contribution in [0.25, 0.3) is 11.3 Å². The van der Waals surface area contributed by atoms with Gasteiger partial charge in [-0.05, 0) is 48.9 Å². The molecule has 29 heavy (non-hydrogen) atoms. The van der Waals surface area contributed by atoms with Crippen LogP contribution in [0.1, 0.15) is 6.42 Å². The van der Waals surface area contributed by atoms with Gasteiger partial charge in [-0.3, -0.25) is 9.59 Å². The van der Waals surface area contributed by atoms with Gasteiger partial charge in [0, 0.05) is 34.8 Å². The van der Waals surface area contributed by atoms with E-state index in [1.165, 1.54) is 10.7 Å². The molecule has 0 saturated heterocycles. The highest BCUT2D eigenvalue weighted by Gasteiger charge is 2.05. The second kappa shape index (κ2) is 10.1. The number of rotatable bonds is 8. The van der Waals surface area contributed by atoms with Crippen LogP contribution in [-0.4, -0.2) is 28.8 Å². The van der Waals surface area contributed by atoms with Gasteiger partial charge in [0.15, 0.2) is 6.61 Å². The summed E-state index contributed by atoms with van der Waals surface area (Å²) in [5.41, 5.74) is 1.36. The summed E-state index contributed by atoms with van der Waals surface area (Å²) in [7, 11) is 0. The van der Waals surface area contributed by atoms with Crippen LogP contribution in [0.15, 0.2) is 65.5 Å². The van der Waals surface area contributed by atoms with Gasteiger partial charge in [0.05, 0.1) is 5.69 Å². The quantitative estimate of drug-likeness (QED) is 0.550. The van der Waals surface area contributed by atoms with E-state index in [2.05, 4.69) is 10.4 Å². The van der Waals surface area contributed by atoms with Crippen molar-refractivity contribution >= 4 is 29.1 Å². The average Bonchev–Trinajstić information content (AvgIpc) is 2.72. The molecule has 6 nitrogen and oxygen atoms in total. The molecule has 0 unspecified atom stereocenters. The molecule has 0 atom stereocenters. The molecular weight excluding hydrogens is 413 g/mol. The lowest BCUT2D eigenvalue weighted by Gasteiger charge is -2.09. The molecule has 0 saturated carbocycles. The summed E-state index contributed by atoms with van der Waals surface area (Å²) in [5, 5.41) is 8.38. The van der Waals surface area contributed by atoms with Crippen LogP contribution in [0.3, 0.4) is 0 Å². The SMILES string of the molecule is O=C(COc1ccc(Cl)cc1)NCCCn1nc(-c2ccc(Cl)cc2)ccc1=O. The molecule has 2 aromatic carbocycles. The molecule has 3 rings (SSSR count). The van der Waals surface area contributed by atoms with Crippen LogP contribution in [0.2, 0.25) is 10.0 Å². The summed E-state index contributed by atoms with van der Waals surface area (Å²) in [6.45, 7) is 0.701. The molecule has 0 aliphatic rings. The van der Waals surface area contributed by atoms with E-state index < -0.39 is 0 Å². The van der Waals surface area contributed by atoms with Crippen molar-refractivity contribution < 1.29 is 9.53 Å². The number of hydrogen-bond donors (Lipinski definition) is 1. The smallest absolute Gasteiger partial charge is 0.266 e. The van der Waals surface area contributed by atoms with Gasteiger partial charge in [0.25, 0.3) is 11.5 Å². The number of halogens is 2. The molecular formula is C21H19Cl2N3O3. The molecule has 0 aliphatic carbocycles. The van der Waals surface area contributed by atoms with Gasteiger partial charge in [0.1, 0.15) is 5.75 Å². The number of nitrogens with one attached hydrogen (secondary N) is 1. The molecule has 1 heterocycles. The number of aromatic nitrogens is 2. The summed E-state index contributed by atoms with van der Waals surface area (Å²) in [6, 6.07) is 17.2. The highest BCUT2D eigenvalue weighted by molar-refractivity contribution is 6.30. The zero-order valence-corrected chi connectivity index (χ0v) is 17.0. The Kier molecular flexibility index (Phi) is 7.27. The number of hydrogen-bond acceptors (Lipinski definition) is 4. The largest absolute Gasteiger partial charge is 0.484 e. The molecule has 150 valence electrons. The number of carbonyl (C=O) groups is 1. The van der Waals surface area contributed by atoms with Crippen LogP contribution in [-0.2, 0) is 11.3 Å². The van der Waals surface area contributed by atoms with Gasteiger partial charge in [0.2, 0.25) is 0 Å². The molecule has 1 N–H and O–H groups in total. The van der Waals surface area contributed by atoms with Crippen molar-refractivity contribution in [2.45, 2.75) is 13.0 Å². The van der Waals surface area contributed by atoms with Gasteiger partial charge in [-0.2, -0.15) is 5.10 Å². The Morgan fingerprint density at radius 2 is 1.62 bits per heavy atom. The number of nitrogens with zero attached hydrogens (tertiary/aromatic N) is 2. The topological polar surface area (TPSA) is 73.2 Å². The summed E-state index contributed by atoms with van der Waals surface area (Å²) in [5.74, 6) is 0.328. The Labute approximate surface area is 178 Å². The fraction of sp³-hybridized carbons (Fsp3) is 0.190. The molecule has 0 spiro atoms. The van der Waals surface area contributed by atoms with Gasteiger partial charge in [-0.25, -0.2) is 4.68 Å². The van der Waals surface area contributed by atoms with Crippen molar-refractivity contribution in [1.29, 1.82) is 0 Å². The minimum atomic E-state index is -0.241. The van der Waals surface area contributed by atoms with Crippen molar-refractivity contribution in [1.82, 2.24) is 15.1 Å². The highest BCUT2D eigenvalue weighted by Crippen LogP contribution is 2.18. The maximum Gasteiger partial charge on any atom is 0.266 e. The first kappa shape index (κ1) is 20.9. The third-order valence-electron chi connectivity index (χ3n) is 4.06. The third-order valence-corrected chi connectivity index (χ3v) is 4.56. The lowest BCUT2D eigenvalue weighted by molar-refractivity contribution is -0.123. The molecule has 1 amide bonds. The van der Waals surface area contributed by atoms with E-state index in [1.807, 2.05) is 12.1 Å². The number of carbonyl (C=O) groups excluding carboxylic acids is 1. The standard InChI is InChI=1S/C21H19Cl2N3O3/c22-16-4-2-15(3-5-16)19-10-11-21(28)26(25-19)13-1-12-24-20(27)14-29-18-8-6-17(23)7-9-18/h2-11H,1,12-14H2,(H,24,27). The minimum absolute atomic E-state index is 0.0914. The second-order valence-corrected chi connectivity index (χ2v) is 7.11. The molecule has 0 radical (unpaired) electrons. The Morgan fingerprint density at radius 1 is 0.966 bits per heavy atom.